The predicted molar refractivity (Wildman–Crippen MR) is 101 cm³/mol. The van der Waals surface area contributed by atoms with E-state index >= 15 is 0 Å². The maximum Gasteiger partial charge on any atom is 0.257 e. The lowest BCUT2D eigenvalue weighted by Crippen LogP contribution is -2.12. The van der Waals surface area contributed by atoms with Crippen molar-refractivity contribution >= 4 is 34.2 Å². The number of aromatic amines is 1. The van der Waals surface area contributed by atoms with Gasteiger partial charge in [0.15, 0.2) is 0 Å². The van der Waals surface area contributed by atoms with Gasteiger partial charge in [-0.1, -0.05) is 35.9 Å². The highest BCUT2D eigenvalue weighted by molar-refractivity contribution is 6.34. The fourth-order valence-electron chi connectivity index (χ4n) is 2.64. The van der Waals surface area contributed by atoms with E-state index in [1.54, 1.807) is 24.3 Å². The van der Waals surface area contributed by atoms with Crippen molar-refractivity contribution in [2.24, 2.45) is 0 Å². The lowest BCUT2D eigenvalue weighted by atomic mass is 10.1. The number of amides is 1. The third-order valence-corrected chi connectivity index (χ3v) is 4.25. The van der Waals surface area contributed by atoms with E-state index in [-0.39, 0.29) is 5.91 Å². The molecule has 0 atom stereocenters. The number of nitrogens with zero attached hydrogens (tertiary/aromatic N) is 1. The topological polar surface area (TPSA) is 57.8 Å². The number of hydrogen-bond acceptors (Lipinski definition) is 2. The molecule has 0 aliphatic heterocycles. The molecule has 2 N–H and O–H groups in total. The van der Waals surface area contributed by atoms with Gasteiger partial charge in [0.2, 0.25) is 0 Å². The Balaban J connectivity index is 1.56. The summed E-state index contributed by atoms with van der Waals surface area (Å²) in [6, 6.07) is 22.4. The van der Waals surface area contributed by atoms with Crippen LogP contribution in [0.1, 0.15) is 10.4 Å². The fourth-order valence-corrected chi connectivity index (χ4v) is 2.87. The largest absolute Gasteiger partial charge is 0.338 e. The summed E-state index contributed by atoms with van der Waals surface area (Å²) in [5.41, 5.74) is 4.02. The smallest absolute Gasteiger partial charge is 0.257 e. The highest BCUT2D eigenvalue weighted by Gasteiger charge is 2.10. The van der Waals surface area contributed by atoms with Crippen LogP contribution in [0.4, 0.5) is 5.69 Å². The summed E-state index contributed by atoms with van der Waals surface area (Å²) in [4.78, 5) is 20.2. The SMILES string of the molecule is O=C(Nc1ccc(-c2nc3ccccc3[nH]2)cc1)c1ccccc1Cl. The minimum Gasteiger partial charge on any atom is -0.338 e. The molecule has 1 heterocycles. The van der Waals surface area contributed by atoms with E-state index in [1.807, 2.05) is 48.5 Å². The molecule has 1 amide bonds. The van der Waals surface area contributed by atoms with Gasteiger partial charge in [-0.25, -0.2) is 4.98 Å². The molecular formula is C20H14ClN3O. The molecule has 122 valence electrons. The Bertz CT molecular complexity index is 1020. The highest BCUT2D eigenvalue weighted by Crippen LogP contribution is 2.23. The number of fused-ring (bicyclic) bond motifs is 1. The Labute approximate surface area is 149 Å². The molecule has 0 unspecified atom stereocenters. The van der Waals surface area contributed by atoms with Gasteiger partial charge in [0, 0.05) is 11.3 Å². The lowest BCUT2D eigenvalue weighted by Gasteiger charge is -2.07. The molecular weight excluding hydrogens is 334 g/mol. The van der Waals surface area contributed by atoms with Crippen molar-refractivity contribution in [3.05, 3.63) is 83.4 Å². The Morgan fingerprint density at radius 3 is 2.40 bits per heavy atom. The van der Waals surface area contributed by atoms with Crippen LogP contribution in [0.5, 0.6) is 0 Å². The minimum absolute atomic E-state index is 0.234. The molecule has 0 saturated carbocycles. The summed E-state index contributed by atoms with van der Waals surface area (Å²) in [5.74, 6) is 0.562. The number of halogens is 1. The van der Waals surface area contributed by atoms with E-state index in [9.17, 15) is 4.79 Å². The Morgan fingerprint density at radius 1 is 0.920 bits per heavy atom. The van der Waals surface area contributed by atoms with Crippen LogP contribution in [-0.4, -0.2) is 15.9 Å². The van der Waals surface area contributed by atoms with Gasteiger partial charge in [0.25, 0.3) is 5.91 Å². The van der Waals surface area contributed by atoms with Crippen LogP contribution in [0.2, 0.25) is 5.02 Å². The summed E-state index contributed by atoms with van der Waals surface area (Å²) >= 11 is 6.06. The molecule has 0 bridgehead atoms. The Morgan fingerprint density at radius 2 is 1.64 bits per heavy atom. The van der Waals surface area contributed by atoms with Crippen molar-refractivity contribution in [1.29, 1.82) is 0 Å². The zero-order valence-corrected chi connectivity index (χ0v) is 13.9. The zero-order valence-electron chi connectivity index (χ0n) is 13.2. The van der Waals surface area contributed by atoms with Gasteiger partial charge in [-0.2, -0.15) is 0 Å². The lowest BCUT2D eigenvalue weighted by molar-refractivity contribution is 0.102. The van der Waals surface area contributed by atoms with Gasteiger partial charge in [-0.15, -0.1) is 0 Å². The second-order valence-electron chi connectivity index (χ2n) is 5.61. The molecule has 4 nitrogen and oxygen atoms in total. The molecule has 4 aromatic rings. The Hall–Kier alpha value is -3.11. The van der Waals surface area contributed by atoms with Crippen molar-refractivity contribution in [2.75, 3.05) is 5.32 Å². The summed E-state index contributed by atoms with van der Waals surface area (Å²) in [7, 11) is 0. The second kappa shape index (κ2) is 6.42. The fraction of sp³-hybridized carbons (Fsp3) is 0. The van der Waals surface area contributed by atoms with Crippen molar-refractivity contribution < 1.29 is 4.79 Å². The van der Waals surface area contributed by atoms with E-state index in [0.717, 1.165) is 22.4 Å². The number of carbonyl (C=O) groups excluding carboxylic acids is 1. The Kier molecular flexibility index (Phi) is 3.96. The van der Waals surface area contributed by atoms with Crippen LogP contribution in [-0.2, 0) is 0 Å². The van der Waals surface area contributed by atoms with E-state index in [2.05, 4.69) is 15.3 Å². The highest BCUT2D eigenvalue weighted by atomic mass is 35.5. The number of H-pyrrole nitrogens is 1. The normalized spacial score (nSPS) is 10.8. The number of nitrogens with one attached hydrogen (secondary N) is 2. The number of anilines is 1. The van der Waals surface area contributed by atoms with Crippen LogP contribution in [0.15, 0.2) is 72.8 Å². The maximum atomic E-state index is 12.3. The van der Waals surface area contributed by atoms with Crippen LogP contribution in [0, 0.1) is 0 Å². The molecule has 5 heteroatoms. The summed E-state index contributed by atoms with van der Waals surface area (Å²) < 4.78 is 0. The zero-order chi connectivity index (χ0) is 17.2. The molecule has 0 saturated heterocycles. The summed E-state index contributed by atoms with van der Waals surface area (Å²) in [5, 5.41) is 3.28. The minimum atomic E-state index is -0.234. The second-order valence-corrected chi connectivity index (χ2v) is 6.02. The van der Waals surface area contributed by atoms with E-state index in [1.165, 1.54) is 0 Å². The average Bonchev–Trinajstić information content (AvgIpc) is 3.07. The van der Waals surface area contributed by atoms with Gasteiger partial charge >= 0.3 is 0 Å². The van der Waals surface area contributed by atoms with E-state index in [0.29, 0.717) is 16.3 Å². The molecule has 0 radical (unpaired) electrons. The monoisotopic (exact) mass is 347 g/mol. The van der Waals surface area contributed by atoms with Gasteiger partial charge in [0.05, 0.1) is 21.6 Å². The van der Waals surface area contributed by atoms with Crippen LogP contribution >= 0.6 is 11.6 Å². The van der Waals surface area contributed by atoms with Crippen LogP contribution in [0.25, 0.3) is 22.4 Å². The van der Waals surface area contributed by atoms with Crippen LogP contribution < -0.4 is 5.32 Å². The molecule has 0 fully saturated rings. The van der Waals surface area contributed by atoms with Gasteiger partial charge < -0.3 is 10.3 Å². The number of imidazole rings is 1. The number of rotatable bonds is 3. The first-order valence-electron chi connectivity index (χ1n) is 7.82. The number of hydrogen-bond donors (Lipinski definition) is 2. The first kappa shape index (κ1) is 15.4. The quantitative estimate of drug-likeness (QED) is 0.539. The van der Waals surface area contributed by atoms with Crippen molar-refractivity contribution in [2.45, 2.75) is 0 Å². The molecule has 3 aromatic carbocycles. The first-order chi connectivity index (χ1) is 12.2. The molecule has 0 spiro atoms. The first-order valence-corrected chi connectivity index (χ1v) is 8.19. The summed E-state index contributed by atoms with van der Waals surface area (Å²) in [6.07, 6.45) is 0. The van der Waals surface area contributed by atoms with Gasteiger partial charge in [-0.3, -0.25) is 4.79 Å². The number of carbonyl (C=O) groups is 1. The number of para-hydroxylation sites is 2. The van der Waals surface area contributed by atoms with Crippen molar-refractivity contribution in [1.82, 2.24) is 9.97 Å². The molecule has 4 rings (SSSR count). The third-order valence-electron chi connectivity index (χ3n) is 3.92. The summed E-state index contributed by atoms with van der Waals surface area (Å²) in [6.45, 7) is 0. The third kappa shape index (κ3) is 3.12. The molecule has 1 aromatic heterocycles. The van der Waals surface area contributed by atoms with Crippen molar-refractivity contribution in [3.8, 4) is 11.4 Å². The van der Waals surface area contributed by atoms with E-state index in [4.69, 9.17) is 11.6 Å². The van der Waals surface area contributed by atoms with Crippen LogP contribution in [0.3, 0.4) is 0 Å². The maximum absolute atomic E-state index is 12.3. The molecule has 0 aliphatic rings. The average molecular weight is 348 g/mol. The standard InChI is InChI=1S/C20H14ClN3O/c21-16-6-2-1-5-15(16)20(25)22-14-11-9-13(10-12-14)19-23-17-7-3-4-8-18(17)24-19/h1-12H,(H,22,25)(H,23,24). The predicted octanol–water partition coefficient (Wildman–Crippen LogP) is 5.14. The van der Waals surface area contributed by atoms with E-state index < -0.39 is 0 Å². The van der Waals surface area contributed by atoms with Gasteiger partial charge in [0.1, 0.15) is 5.82 Å². The van der Waals surface area contributed by atoms with Crippen molar-refractivity contribution in [3.63, 3.8) is 0 Å². The van der Waals surface area contributed by atoms with Gasteiger partial charge in [-0.05, 0) is 48.5 Å². The number of benzene rings is 3. The number of aromatic nitrogens is 2. The molecule has 25 heavy (non-hydrogen) atoms. The molecule has 0 aliphatic carbocycles.